The minimum Gasteiger partial charge on any atom is -0.438 e. The summed E-state index contributed by atoms with van der Waals surface area (Å²) in [5.74, 6) is -0.284. The molecule has 1 N–H and O–H groups in total. The molecule has 0 saturated heterocycles. The molecule has 0 aromatic heterocycles. The zero-order valence-electron chi connectivity index (χ0n) is 9.46. The van der Waals surface area contributed by atoms with Crippen LogP contribution in [0.4, 0.5) is 14.9 Å². The van der Waals surface area contributed by atoms with E-state index in [9.17, 15) is 9.18 Å². The molecule has 1 aliphatic carbocycles. The SMILES string of the molecule is O=C1Nc2ccc(F)cc2C2(CCCCC2)O1. The number of amides is 1. The van der Waals surface area contributed by atoms with Crippen molar-refractivity contribution < 1.29 is 13.9 Å². The maximum absolute atomic E-state index is 13.4. The Morgan fingerprint density at radius 2 is 2.00 bits per heavy atom. The Balaban J connectivity index is 2.11. The molecule has 3 rings (SSSR count). The standard InChI is InChI=1S/C13H14FNO2/c14-9-4-5-11-10(8-9)13(17-12(16)15-11)6-2-1-3-7-13/h4-5,8H,1-3,6-7H2,(H,15,16). The third-order valence-electron chi connectivity index (χ3n) is 3.66. The molecule has 0 bridgehead atoms. The van der Waals surface area contributed by atoms with E-state index in [-0.39, 0.29) is 5.82 Å². The Bertz CT molecular complexity index is 466. The lowest BCUT2D eigenvalue weighted by atomic mass is 9.78. The Labute approximate surface area is 99.0 Å². The summed E-state index contributed by atoms with van der Waals surface area (Å²) in [5, 5.41) is 2.63. The highest BCUT2D eigenvalue weighted by Crippen LogP contribution is 2.46. The third-order valence-corrected chi connectivity index (χ3v) is 3.66. The highest BCUT2D eigenvalue weighted by atomic mass is 19.1. The van der Waals surface area contributed by atoms with E-state index in [1.807, 2.05) is 0 Å². The van der Waals surface area contributed by atoms with E-state index in [4.69, 9.17) is 4.74 Å². The summed E-state index contributed by atoms with van der Waals surface area (Å²) in [6.45, 7) is 0. The zero-order chi connectivity index (χ0) is 11.9. The molecule has 17 heavy (non-hydrogen) atoms. The molecule has 0 atom stereocenters. The van der Waals surface area contributed by atoms with Crippen LogP contribution in [0, 0.1) is 5.82 Å². The number of fused-ring (bicyclic) bond motifs is 2. The number of carbonyl (C=O) groups is 1. The molecule has 3 nitrogen and oxygen atoms in total. The van der Waals surface area contributed by atoms with Crippen molar-refractivity contribution >= 4 is 11.8 Å². The predicted octanol–water partition coefficient (Wildman–Crippen LogP) is 3.55. The van der Waals surface area contributed by atoms with E-state index in [0.29, 0.717) is 5.69 Å². The van der Waals surface area contributed by atoms with Crippen molar-refractivity contribution in [2.45, 2.75) is 37.7 Å². The first-order valence-electron chi connectivity index (χ1n) is 6.00. The molecule has 0 radical (unpaired) electrons. The lowest BCUT2D eigenvalue weighted by Crippen LogP contribution is -2.41. The van der Waals surface area contributed by atoms with E-state index in [0.717, 1.165) is 37.7 Å². The molecular formula is C13H14FNO2. The van der Waals surface area contributed by atoms with Crippen molar-refractivity contribution in [2.24, 2.45) is 0 Å². The van der Waals surface area contributed by atoms with Crippen molar-refractivity contribution in [2.75, 3.05) is 5.32 Å². The second kappa shape index (κ2) is 3.72. The number of benzene rings is 1. The second-order valence-electron chi connectivity index (χ2n) is 4.76. The highest BCUT2D eigenvalue weighted by molar-refractivity contribution is 5.88. The van der Waals surface area contributed by atoms with Gasteiger partial charge in [0.1, 0.15) is 11.4 Å². The smallest absolute Gasteiger partial charge is 0.412 e. The van der Waals surface area contributed by atoms with Crippen molar-refractivity contribution in [1.82, 2.24) is 0 Å². The van der Waals surface area contributed by atoms with E-state index in [2.05, 4.69) is 5.32 Å². The van der Waals surface area contributed by atoms with Gasteiger partial charge in [0.05, 0.1) is 5.69 Å². The van der Waals surface area contributed by atoms with Gasteiger partial charge in [0.25, 0.3) is 0 Å². The first kappa shape index (κ1) is 10.6. The van der Waals surface area contributed by atoms with Crippen LogP contribution in [0.1, 0.15) is 37.7 Å². The molecule has 1 aromatic rings. The number of carbonyl (C=O) groups excluding carboxylic acids is 1. The van der Waals surface area contributed by atoms with E-state index in [1.165, 1.54) is 12.1 Å². The summed E-state index contributed by atoms with van der Waals surface area (Å²) in [5.41, 5.74) is 0.874. The summed E-state index contributed by atoms with van der Waals surface area (Å²) in [6, 6.07) is 4.46. The molecular weight excluding hydrogens is 221 g/mol. The van der Waals surface area contributed by atoms with Gasteiger partial charge in [-0.05, 0) is 43.9 Å². The first-order valence-corrected chi connectivity index (χ1v) is 6.00. The normalized spacial score (nSPS) is 21.6. The monoisotopic (exact) mass is 235 g/mol. The fourth-order valence-corrected chi connectivity index (χ4v) is 2.86. The predicted molar refractivity (Wildman–Crippen MR) is 61.3 cm³/mol. The van der Waals surface area contributed by atoms with Crippen LogP contribution in [0.5, 0.6) is 0 Å². The largest absolute Gasteiger partial charge is 0.438 e. The Morgan fingerprint density at radius 1 is 1.24 bits per heavy atom. The van der Waals surface area contributed by atoms with Crippen LogP contribution in [0.3, 0.4) is 0 Å². The number of halogens is 1. The minimum absolute atomic E-state index is 0.284. The summed E-state index contributed by atoms with van der Waals surface area (Å²) in [6.07, 6.45) is 4.34. The molecule has 1 amide bonds. The lowest BCUT2D eigenvalue weighted by molar-refractivity contribution is -0.0181. The van der Waals surface area contributed by atoms with Crippen LogP contribution in [0.2, 0.25) is 0 Å². The number of hydrogen-bond acceptors (Lipinski definition) is 2. The van der Waals surface area contributed by atoms with Gasteiger partial charge in [-0.1, -0.05) is 6.42 Å². The Morgan fingerprint density at radius 3 is 2.76 bits per heavy atom. The van der Waals surface area contributed by atoms with Crippen LogP contribution >= 0.6 is 0 Å². The highest BCUT2D eigenvalue weighted by Gasteiger charge is 2.42. The average Bonchev–Trinajstić information content (AvgIpc) is 2.31. The third kappa shape index (κ3) is 1.68. The van der Waals surface area contributed by atoms with Crippen molar-refractivity contribution in [3.63, 3.8) is 0 Å². The van der Waals surface area contributed by atoms with Crippen LogP contribution in [0.25, 0.3) is 0 Å². The lowest BCUT2D eigenvalue weighted by Gasteiger charge is -2.41. The van der Waals surface area contributed by atoms with E-state index >= 15 is 0 Å². The van der Waals surface area contributed by atoms with Gasteiger partial charge in [-0.2, -0.15) is 0 Å². The van der Waals surface area contributed by atoms with Crippen molar-refractivity contribution in [1.29, 1.82) is 0 Å². The van der Waals surface area contributed by atoms with Crippen LogP contribution in [-0.4, -0.2) is 6.09 Å². The molecule has 1 heterocycles. The van der Waals surface area contributed by atoms with Crippen LogP contribution < -0.4 is 5.32 Å². The van der Waals surface area contributed by atoms with E-state index in [1.54, 1.807) is 6.07 Å². The zero-order valence-corrected chi connectivity index (χ0v) is 9.46. The fourth-order valence-electron chi connectivity index (χ4n) is 2.86. The summed E-state index contributed by atoms with van der Waals surface area (Å²) in [4.78, 5) is 11.6. The van der Waals surface area contributed by atoms with Gasteiger partial charge in [0.2, 0.25) is 0 Å². The second-order valence-corrected chi connectivity index (χ2v) is 4.76. The molecule has 90 valence electrons. The molecule has 1 fully saturated rings. The summed E-state index contributed by atoms with van der Waals surface area (Å²) in [7, 11) is 0. The van der Waals surface area contributed by atoms with Gasteiger partial charge < -0.3 is 4.74 Å². The molecule has 4 heteroatoms. The van der Waals surface area contributed by atoms with Crippen LogP contribution in [-0.2, 0) is 10.3 Å². The molecule has 0 unspecified atom stereocenters. The van der Waals surface area contributed by atoms with Crippen LogP contribution in [0.15, 0.2) is 18.2 Å². The topological polar surface area (TPSA) is 38.3 Å². The molecule has 1 spiro atoms. The Kier molecular flexibility index (Phi) is 2.31. The molecule has 1 aromatic carbocycles. The maximum Gasteiger partial charge on any atom is 0.412 e. The quantitative estimate of drug-likeness (QED) is 0.746. The number of rotatable bonds is 0. The number of ether oxygens (including phenoxy) is 1. The molecule has 1 aliphatic heterocycles. The Hall–Kier alpha value is -1.58. The van der Waals surface area contributed by atoms with Gasteiger partial charge in [0.15, 0.2) is 0 Å². The minimum atomic E-state index is -0.599. The van der Waals surface area contributed by atoms with Gasteiger partial charge in [-0.15, -0.1) is 0 Å². The number of nitrogens with one attached hydrogen (secondary N) is 1. The van der Waals surface area contributed by atoms with Gasteiger partial charge in [-0.25, -0.2) is 9.18 Å². The summed E-state index contributed by atoms with van der Waals surface area (Å²) < 4.78 is 18.8. The summed E-state index contributed by atoms with van der Waals surface area (Å²) >= 11 is 0. The average molecular weight is 235 g/mol. The van der Waals surface area contributed by atoms with Crippen molar-refractivity contribution in [3.05, 3.63) is 29.6 Å². The molecule has 2 aliphatic rings. The number of hydrogen-bond donors (Lipinski definition) is 1. The first-order chi connectivity index (χ1) is 8.20. The number of anilines is 1. The van der Waals surface area contributed by atoms with Crippen molar-refractivity contribution in [3.8, 4) is 0 Å². The maximum atomic E-state index is 13.4. The van der Waals surface area contributed by atoms with Gasteiger partial charge in [0, 0.05) is 5.56 Å². The van der Waals surface area contributed by atoms with Gasteiger partial charge >= 0.3 is 6.09 Å². The van der Waals surface area contributed by atoms with E-state index < -0.39 is 11.7 Å². The van der Waals surface area contributed by atoms with Gasteiger partial charge in [-0.3, -0.25) is 5.32 Å². The molecule has 1 saturated carbocycles. The fraction of sp³-hybridized carbons (Fsp3) is 0.462.